The van der Waals surface area contributed by atoms with Gasteiger partial charge in [-0.2, -0.15) is 13.2 Å². The first-order valence-corrected chi connectivity index (χ1v) is 10.4. The largest absolute Gasteiger partial charge is 0.416 e. The molecule has 0 bridgehead atoms. The number of alkyl halides is 3. The van der Waals surface area contributed by atoms with Crippen molar-refractivity contribution in [3.05, 3.63) is 53.6 Å². The zero-order chi connectivity index (χ0) is 21.2. The Kier molecular flexibility index (Phi) is 5.85. The van der Waals surface area contributed by atoms with Crippen molar-refractivity contribution >= 4 is 27.3 Å². The number of amides is 1. The minimum Gasteiger partial charge on any atom is -0.384 e. The van der Waals surface area contributed by atoms with E-state index in [0.717, 1.165) is 17.7 Å². The maximum atomic E-state index is 12.7. The molecule has 2 aromatic carbocycles. The van der Waals surface area contributed by atoms with Crippen molar-refractivity contribution in [2.24, 2.45) is 0 Å². The Hall–Kier alpha value is -2.59. The molecule has 2 N–H and O–H groups in total. The van der Waals surface area contributed by atoms with Crippen molar-refractivity contribution in [1.82, 2.24) is 4.72 Å². The van der Waals surface area contributed by atoms with Crippen molar-refractivity contribution in [2.45, 2.75) is 24.4 Å². The van der Waals surface area contributed by atoms with E-state index in [4.69, 9.17) is 0 Å². The molecule has 10 heteroatoms. The van der Waals surface area contributed by atoms with Crippen molar-refractivity contribution in [1.29, 1.82) is 0 Å². The molecule has 1 aliphatic rings. The standard InChI is InChI=1S/C19H20F3N3O3S/c1-13(26)25-10-7-14-11-17(5-6-18(14)25)29(27,28)24-9-8-23-16-4-2-3-15(12-16)19(20,21)22/h2-6,11-12,23-24H,7-10H2,1H3. The maximum absolute atomic E-state index is 12.7. The molecular formula is C19H20F3N3O3S. The second-order valence-electron chi connectivity index (χ2n) is 6.61. The van der Waals surface area contributed by atoms with Gasteiger partial charge in [0, 0.05) is 37.9 Å². The second kappa shape index (κ2) is 8.03. The number of anilines is 2. The van der Waals surface area contributed by atoms with Gasteiger partial charge >= 0.3 is 6.18 Å². The van der Waals surface area contributed by atoms with E-state index in [2.05, 4.69) is 10.0 Å². The molecule has 0 radical (unpaired) electrons. The number of nitrogens with one attached hydrogen (secondary N) is 2. The molecule has 2 aromatic rings. The Morgan fingerprint density at radius 3 is 2.59 bits per heavy atom. The van der Waals surface area contributed by atoms with Crippen molar-refractivity contribution in [3.8, 4) is 0 Å². The molecule has 1 aliphatic heterocycles. The molecule has 0 unspecified atom stereocenters. The summed E-state index contributed by atoms with van der Waals surface area (Å²) in [4.78, 5) is 13.3. The number of carbonyl (C=O) groups excluding carboxylic acids is 1. The van der Waals surface area contributed by atoms with Gasteiger partial charge in [-0.1, -0.05) is 6.07 Å². The fourth-order valence-electron chi connectivity index (χ4n) is 3.15. The van der Waals surface area contributed by atoms with Crippen LogP contribution in [0.25, 0.3) is 0 Å². The zero-order valence-corrected chi connectivity index (χ0v) is 16.4. The van der Waals surface area contributed by atoms with E-state index in [0.29, 0.717) is 18.7 Å². The highest BCUT2D eigenvalue weighted by atomic mass is 32.2. The molecule has 0 saturated heterocycles. The average Bonchev–Trinajstić information content (AvgIpc) is 3.08. The highest BCUT2D eigenvalue weighted by Gasteiger charge is 2.30. The summed E-state index contributed by atoms with van der Waals surface area (Å²) < 4.78 is 65.5. The summed E-state index contributed by atoms with van der Waals surface area (Å²) in [6.45, 7) is 2.08. The predicted molar refractivity (Wildman–Crippen MR) is 103 cm³/mol. The van der Waals surface area contributed by atoms with Crippen LogP contribution in [0.15, 0.2) is 47.4 Å². The number of sulfonamides is 1. The van der Waals surface area contributed by atoms with E-state index >= 15 is 0 Å². The van der Waals surface area contributed by atoms with Crippen LogP contribution in [0.4, 0.5) is 24.5 Å². The number of hydrogen-bond acceptors (Lipinski definition) is 4. The summed E-state index contributed by atoms with van der Waals surface area (Å²) in [5.74, 6) is -0.0989. The lowest BCUT2D eigenvalue weighted by molar-refractivity contribution is -0.137. The van der Waals surface area contributed by atoms with Gasteiger partial charge in [-0.25, -0.2) is 13.1 Å². The first-order chi connectivity index (χ1) is 13.6. The third-order valence-electron chi connectivity index (χ3n) is 4.57. The van der Waals surface area contributed by atoms with E-state index in [9.17, 15) is 26.4 Å². The molecule has 3 rings (SSSR count). The average molecular weight is 427 g/mol. The Morgan fingerprint density at radius 1 is 1.14 bits per heavy atom. The van der Waals surface area contributed by atoms with Crippen molar-refractivity contribution in [2.75, 3.05) is 29.9 Å². The molecule has 0 atom stereocenters. The summed E-state index contributed by atoms with van der Waals surface area (Å²) in [5.41, 5.74) is 0.967. The molecule has 0 spiro atoms. The zero-order valence-electron chi connectivity index (χ0n) is 15.6. The summed E-state index contributed by atoms with van der Waals surface area (Å²) in [6.07, 6.45) is -3.86. The lowest BCUT2D eigenvalue weighted by atomic mass is 10.2. The Balaban J connectivity index is 1.59. The Morgan fingerprint density at radius 2 is 1.90 bits per heavy atom. The highest BCUT2D eigenvalue weighted by molar-refractivity contribution is 7.89. The first-order valence-electron chi connectivity index (χ1n) is 8.90. The Labute approximate surface area is 166 Å². The summed E-state index contributed by atoms with van der Waals surface area (Å²) in [7, 11) is -3.78. The number of fused-ring (bicyclic) bond motifs is 1. The third-order valence-corrected chi connectivity index (χ3v) is 6.03. The van der Waals surface area contributed by atoms with Gasteiger partial charge in [-0.3, -0.25) is 4.79 Å². The number of benzene rings is 2. The molecule has 1 amide bonds. The summed E-state index contributed by atoms with van der Waals surface area (Å²) >= 11 is 0. The van der Waals surface area contributed by atoms with Crippen LogP contribution < -0.4 is 14.9 Å². The number of halogens is 3. The molecule has 0 saturated carbocycles. The SMILES string of the molecule is CC(=O)N1CCc2cc(S(=O)(=O)NCCNc3cccc(C(F)(F)F)c3)ccc21. The highest BCUT2D eigenvalue weighted by Crippen LogP contribution is 2.31. The smallest absolute Gasteiger partial charge is 0.384 e. The van der Waals surface area contributed by atoms with E-state index in [1.165, 1.54) is 25.1 Å². The van der Waals surface area contributed by atoms with E-state index in [-0.39, 0.29) is 29.6 Å². The topological polar surface area (TPSA) is 78.5 Å². The maximum Gasteiger partial charge on any atom is 0.416 e. The van der Waals surface area contributed by atoms with Crippen LogP contribution >= 0.6 is 0 Å². The fourth-order valence-corrected chi connectivity index (χ4v) is 4.24. The minimum absolute atomic E-state index is 0.00473. The van der Waals surface area contributed by atoms with Crippen LogP contribution in [0.3, 0.4) is 0 Å². The molecular weight excluding hydrogens is 407 g/mol. The monoisotopic (exact) mass is 427 g/mol. The third kappa shape index (κ3) is 4.88. The van der Waals surface area contributed by atoms with Gasteiger partial charge in [0.15, 0.2) is 0 Å². The van der Waals surface area contributed by atoms with Gasteiger partial charge in [0.05, 0.1) is 10.5 Å². The van der Waals surface area contributed by atoms with Gasteiger partial charge < -0.3 is 10.2 Å². The molecule has 0 fully saturated rings. The van der Waals surface area contributed by atoms with Crippen LogP contribution in [0, 0.1) is 0 Å². The molecule has 6 nitrogen and oxygen atoms in total. The van der Waals surface area contributed by atoms with Crippen LogP contribution in [-0.4, -0.2) is 34.0 Å². The van der Waals surface area contributed by atoms with Crippen LogP contribution in [0.2, 0.25) is 0 Å². The summed E-state index contributed by atoms with van der Waals surface area (Å²) in [5, 5.41) is 2.77. The quantitative estimate of drug-likeness (QED) is 0.695. The molecule has 0 aromatic heterocycles. The van der Waals surface area contributed by atoms with Gasteiger partial charge in [0.25, 0.3) is 0 Å². The lowest BCUT2D eigenvalue weighted by Crippen LogP contribution is -2.29. The predicted octanol–water partition coefficient (Wildman–Crippen LogP) is 3.00. The van der Waals surface area contributed by atoms with Gasteiger partial charge in [-0.15, -0.1) is 0 Å². The number of carbonyl (C=O) groups is 1. The van der Waals surface area contributed by atoms with Crippen molar-refractivity contribution < 1.29 is 26.4 Å². The van der Waals surface area contributed by atoms with E-state index in [1.54, 1.807) is 17.0 Å². The van der Waals surface area contributed by atoms with E-state index < -0.39 is 21.8 Å². The van der Waals surface area contributed by atoms with Crippen LogP contribution in [0.1, 0.15) is 18.1 Å². The van der Waals surface area contributed by atoms with Crippen molar-refractivity contribution in [3.63, 3.8) is 0 Å². The van der Waals surface area contributed by atoms with Crippen LogP contribution in [-0.2, 0) is 27.4 Å². The molecule has 156 valence electrons. The number of nitrogens with zero attached hydrogens (tertiary/aromatic N) is 1. The summed E-state index contributed by atoms with van der Waals surface area (Å²) in [6, 6.07) is 9.28. The molecule has 0 aliphatic carbocycles. The molecule has 1 heterocycles. The second-order valence-corrected chi connectivity index (χ2v) is 8.38. The Bertz CT molecular complexity index is 1020. The first kappa shape index (κ1) is 21.1. The van der Waals surface area contributed by atoms with Crippen LogP contribution in [0.5, 0.6) is 0 Å². The normalized spacial score (nSPS) is 14.0. The number of hydrogen-bond donors (Lipinski definition) is 2. The minimum atomic E-state index is -4.44. The molecule has 29 heavy (non-hydrogen) atoms. The fraction of sp³-hybridized carbons (Fsp3) is 0.316. The van der Waals surface area contributed by atoms with Gasteiger partial charge in [-0.05, 0) is 48.4 Å². The van der Waals surface area contributed by atoms with Gasteiger partial charge in [0.1, 0.15) is 0 Å². The van der Waals surface area contributed by atoms with Gasteiger partial charge in [0.2, 0.25) is 15.9 Å². The lowest BCUT2D eigenvalue weighted by Gasteiger charge is -2.15. The number of rotatable bonds is 6. The van der Waals surface area contributed by atoms with E-state index in [1.807, 2.05) is 0 Å².